The topological polar surface area (TPSA) is 72.6 Å². The molecule has 0 saturated heterocycles. The van der Waals surface area contributed by atoms with Gasteiger partial charge in [-0.3, -0.25) is 0 Å². The Bertz CT molecular complexity index is 480. The fraction of sp³-hybridized carbons (Fsp3) is 0.455. The molecule has 0 heterocycles. The van der Waals surface area contributed by atoms with Crippen LogP contribution < -0.4 is 9.88 Å². The third-order valence-electron chi connectivity index (χ3n) is 2.78. The Labute approximate surface area is 101 Å². The number of benzene rings is 1. The fourth-order valence-electron chi connectivity index (χ4n) is 1.70. The third kappa shape index (κ3) is 3.18. The van der Waals surface area contributed by atoms with Gasteiger partial charge in [-0.1, -0.05) is 12.1 Å². The predicted molar refractivity (Wildman–Crippen MR) is 64.7 cm³/mol. The Kier molecular flexibility index (Phi) is 3.37. The zero-order valence-corrected chi connectivity index (χ0v) is 10.5. The minimum Gasteiger partial charge on any atom is -0.497 e. The average molecular weight is 256 g/mol. The molecule has 1 aliphatic rings. The quantitative estimate of drug-likeness (QED) is 0.849. The fourth-order valence-corrected chi connectivity index (χ4v) is 2.66. The van der Waals surface area contributed by atoms with E-state index in [-0.39, 0.29) is 6.04 Å². The van der Waals surface area contributed by atoms with Crippen LogP contribution >= 0.6 is 0 Å². The summed E-state index contributed by atoms with van der Waals surface area (Å²) in [5.74, 6) is 0.752. The number of rotatable bonds is 5. The van der Waals surface area contributed by atoms with Crippen LogP contribution in [-0.4, -0.2) is 25.9 Å². The molecular weight excluding hydrogens is 240 g/mol. The zero-order chi connectivity index (χ0) is 12.5. The van der Waals surface area contributed by atoms with Gasteiger partial charge in [-0.2, -0.15) is 12.7 Å². The molecule has 1 aromatic carbocycles. The van der Waals surface area contributed by atoms with Crippen LogP contribution in [0.4, 0.5) is 0 Å². The predicted octanol–water partition coefficient (Wildman–Crippen LogP) is 0.863. The summed E-state index contributed by atoms with van der Waals surface area (Å²) in [7, 11) is -2.02. The molecule has 17 heavy (non-hydrogen) atoms. The number of ether oxygens (including phenoxy) is 1. The van der Waals surface area contributed by atoms with E-state index in [0.717, 1.165) is 24.2 Å². The van der Waals surface area contributed by atoms with E-state index in [1.54, 1.807) is 7.11 Å². The summed E-state index contributed by atoms with van der Waals surface area (Å²) in [6.45, 7) is 0.327. The highest BCUT2D eigenvalue weighted by molar-refractivity contribution is 7.86. The zero-order valence-electron chi connectivity index (χ0n) is 9.67. The maximum Gasteiger partial charge on any atom is 0.277 e. The molecular formula is C11H16N2O3S. The smallest absolute Gasteiger partial charge is 0.277 e. The molecule has 0 spiro atoms. The highest BCUT2D eigenvalue weighted by Gasteiger charge is 2.35. The van der Waals surface area contributed by atoms with E-state index in [4.69, 9.17) is 9.88 Å². The largest absolute Gasteiger partial charge is 0.497 e. The molecule has 0 bridgehead atoms. The van der Waals surface area contributed by atoms with E-state index in [0.29, 0.717) is 6.54 Å². The van der Waals surface area contributed by atoms with Crippen molar-refractivity contribution < 1.29 is 13.2 Å². The van der Waals surface area contributed by atoms with Crippen LogP contribution in [0.5, 0.6) is 5.75 Å². The van der Waals surface area contributed by atoms with Gasteiger partial charge in [-0.25, -0.2) is 5.14 Å². The number of hydrogen-bond acceptors (Lipinski definition) is 3. The van der Waals surface area contributed by atoms with Crippen LogP contribution in [0.25, 0.3) is 0 Å². The van der Waals surface area contributed by atoms with E-state index in [9.17, 15) is 8.42 Å². The molecule has 94 valence electrons. The molecule has 0 radical (unpaired) electrons. The second-order valence-electron chi connectivity index (χ2n) is 4.17. The monoisotopic (exact) mass is 256 g/mol. The van der Waals surface area contributed by atoms with Gasteiger partial charge in [0, 0.05) is 12.6 Å². The number of methoxy groups -OCH3 is 1. The summed E-state index contributed by atoms with van der Waals surface area (Å²) < 4.78 is 29.2. The molecule has 2 rings (SSSR count). The first-order valence-corrected chi connectivity index (χ1v) is 6.93. The van der Waals surface area contributed by atoms with Crippen LogP contribution in [0.1, 0.15) is 18.4 Å². The summed E-state index contributed by atoms with van der Waals surface area (Å²) in [5.41, 5.74) is 0.909. The molecule has 1 aliphatic carbocycles. The van der Waals surface area contributed by atoms with Gasteiger partial charge in [0.1, 0.15) is 5.75 Å². The first-order chi connectivity index (χ1) is 8.00. The van der Waals surface area contributed by atoms with Crippen molar-refractivity contribution in [2.45, 2.75) is 25.4 Å². The summed E-state index contributed by atoms with van der Waals surface area (Å²) in [4.78, 5) is 0. The maximum atomic E-state index is 11.4. The van der Waals surface area contributed by atoms with E-state index >= 15 is 0 Å². The van der Waals surface area contributed by atoms with Gasteiger partial charge in [0.2, 0.25) is 0 Å². The molecule has 2 N–H and O–H groups in total. The molecule has 0 aromatic heterocycles. The lowest BCUT2D eigenvalue weighted by Gasteiger charge is -2.18. The lowest BCUT2D eigenvalue weighted by Crippen LogP contribution is -2.37. The number of hydrogen-bond donors (Lipinski definition) is 1. The van der Waals surface area contributed by atoms with Crippen molar-refractivity contribution in [2.75, 3.05) is 7.11 Å². The van der Waals surface area contributed by atoms with E-state index in [1.807, 2.05) is 24.3 Å². The van der Waals surface area contributed by atoms with Crippen molar-refractivity contribution in [3.63, 3.8) is 0 Å². The lowest BCUT2D eigenvalue weighted by molar-refractivity contribution is 0.397. The summed E-state index contributed by atoms with van der Waals surface area (Å²) in [5, 5.41) is 5.20. The molecule has 1 saturated carbocycles. The van der Waals surface area contributed by atoms with Crippen molar-refractivity contribution in [3.05, 3.63) is 29.8 Å². The van der Waals surface area contributed by atoms with Crippen molar-refractivity contribution in [2.24, 2.45) is 5.14 Å². The van der Waals surface area contributed by atoms with Crippen molar-refractivity contribution in [1.29, 1.82) is 0 Å². The van der Waals surface area contributed by atoms with Gasteiger partial charge >= 0.3 is 0 Å². The second-order valence-corrected chi connectivity index (χ2v) is 5.67. The Balaban J connectivity index is 2.12. The number of nitrogens with two attached hydrogens (primary N) is 1. The lowest BCUT2D eigenvalue weighted by atomic mass is 10.2. The molecule has 0 aliphatic heterocycles. The normalized spacial score (nSPS) is 16.2. The first-order valence-electron chi connectivity index (χ1n) is 5.43. The highest BCUT2D eigenvalue weighted by Crippen LogP contribution is 2.29. The van der Waals surface area contributed by atoms with Crippen LogP contribution in [0.3, 0.4) is 0 Å². The minimum absolute atomic E-state index is 0.0760. The molecule has 0 unspecified atom stereocenters. The first kappa shape index (κ1) is 12.3. The van der Waals surface area contributed by atoms with Crippen LogP contribution in [0.2, 0.25) is 0 Å². The van der Waals surface area contributed by atoms with E-state index in [1.165, 1.54) is 4.31 Å². The third-order valence-corrected chi connectivity index (χ3v) is 3.86. The van der Waals surface area contributed by atoms with Crippen LogP contribution in [0.15, 0.2) is 24.3 Å². The van der Waals surface area contributed by atoms with Crippen LogP contribution in [-0.2, 0) is 16.8 Å². The second kappa shape index (κ2) is 4.64. The van der Waals surface area contributed by atoms with Crippen molar-refractivity contribution in [3.8, 4) is 5.75 Å². The molecule has 0 amide bonds. The van der Waals surface area contributed by atoms with Gasteiger partial charge in [-0.05, 0) is 30.5 Å². The average Bonchev–Trinajstić information content (AvgIpc) is 3.09. The standard InChI is InChI=1S/C11H16N2O3S/c1-16-11-6-2-9(3-7-11)8-13(10-4-5-10)17(12,14)15/h2-3,6-7,10H,4-5,8H2,1H3,(H2,12,14,15). The molecule has 1 aromatic rings. The van der Waals surface area contributed by atoms with E-state index in [2.05, 4.69) is 0 Å². The Morgan fingerprint density at radius 3 is 2.35 bits per heavy atom. The van der Waals surface area contributed by atoms with Gasteiger partial charge in [0.05, 0.1) is 7.11 Å². The summed E-state index contributed by atoms with van der Waals surface area (Å²) in [6.07, 6.45) is 1.79. The summed E-state index contributed by atoms with van der Waals surface area (Å²) in [6, 6.07) is 7.39. The molecule has 5 nitrogen and oxygen atoms in total. The molecule has 0 atom stereocenters. The Hall–Kier alpha value is -1.11. The SMILES string of the molecule is COc1ccc(CN(C2CC2)S(N)(=O)=O)cc1. The minimum atomic E-state index is -3.61. The van der Waals surface area contributed by atoms with Crippen molar-refractivity contribution >= 4 is 10.2 Å². The maximum absolute atomic E-state index is 11.4. The van der Waals surface area contributed by atoms with Gasteiger partial charge in [0.25, 0.3) is 10.2 Å². The Morgan fingerprint density at radius 2 is 1.94 bits per heavy atom. The summed E-state index contributed by atoms with van der Waals surface area (Å²) >= 11 is 0. The van der Waals surface area contributed by atoms with Gasteiger partial charge < -0.3 is 4.74 Å². The van der Waals surface area contributed by atoms with Gasteiger partial charge in [0.15, 0.2) is 0 Å². The number of nitrogens with zero attached hydrogens (tertiary/aromatic N) is 1. The Morgan fingerprint density at radius 1 is 1.35 bits per heavy atom. The highest BCUT2D eigenvalue weighted by atomic mass is 32.2. The molecule has 6 heteroatoms. The van der Waals surface area contributed by atoms with Crippen molar-refractivity contribution in [1.82, 2.24) is 4.31 Å². The van der Waals surface area contributed by atoms with E-state index < -0.39 is 10.2 Å². The van der Waals surface area contributed by atoms with Gasteiger partial charge in [-0.15, -0.1) is 0 Å². The molecule has 1 fully saturated rings. The van der Waals surface area contributed by atoms with Crippen LogP contribution in [0, 0.1) is 0 Å².